The molecule has 0 aliphatic heterocycles. The molecule has 0 heterocycles. The van der Waals surface area contributed by atoms with Crippen molar-refractivity contribution >= 4 is 74.5 Å². The number of esters is 5. The van der Waals surface area contributed by atoms with E-state index in [2.05, 4.69) is 29.8 Å². The lowest BCUT2D eigenvalue weighted by Crippen LogP contribution is -2.18. The summed E-state index contributed by atoms with van der Waals surface area (Å²) in [7, 11) is 0. The van der Waals surface area contributed by atoms with Gasteiger partial charge in [-0.3, -0.25) is 54.8 Å². The number of hydrogen-bond acceptors (Lipinski definition) is 19. The zero-order valence-electron chi connectivity index (χ0n) is 52.4. The van der Waals surface area contributed by atoms with Crippen LogP contribution in [0.3, 0.4) is 0 Å². The number of ether oxygens (including phenoxy) is 5. The second kappa shape index (κ2) is 48.6. The molecule has 24 nitrogen and oxygen atoms in total. The number of nitrogens with zero attached hydrogens (tertiary/aromatic N) is 4. The van der Waals surface area contributed by atoms with Crippen LogP contribution in [0.1, 0.15) is 227 Å². The van der Waals surface area contributed by atoms with Gasteiger partial charge in [0.1, 0.15) is 29.0 Å². The summed E-state index contributed by atoms with van der Waals surface area (Å²) in [5, 5.41) is 51.3. The van der Waals surface area contributed by atoms with Gasteiger partial charge < -0.3 is 28.8 Å². The monoisotopic (exact) mass is 1340 g/mol. The number of aliphatic carboxylic acids is 1. The molecule has 0 spiro atoms. The molecule has 0 unspecified atom stereocenters. The number of nitro benzene ring substituents is 4. The van der Waals surface area contributed by atoms with Crippen molar-refractivity contribution in [2.24, 2.45) is 0 Å². The van der Waals surface area contributed by atoms with Gasteiger partial charge in [0.05, 0.1) is 30.8 Å². The fourth-order valence-electron chi connectivity index (χ4n) is 9.21. The number of carbonyl (C=O) groups excluding carboxylic acids is 5. The van der Waals surface area contributed by atoms with E-state index in [0.29, 0.717) is 23.3 Å². The summed E-state index contributed by atoms with van der Waals surface area (Å²) in [6.45, 7) is 3.79. The topological polar surface area (TPSA) is 341 Å². The molecular formula is C66H89BrN4O20. The van der Waals surface area contributed by atoms with Crippen LogP contribution in [-0.4, -0.2) is 84.8 Å². The first kappa shape index (κ1) is 78.9. The van der Waals surface area contributed by atoms with Crippen molar-refractivity contribution < 1.29 is 77.3 Å². The molecule has 2 atom stereocenters. The quantitative estimate of drug-likeness (QED) is 0.00817. The Bertz CT molecular complexity index is 2800. The van der Waals surface area contributed by atoms with Crippen molar-refractivity contribution in [2.75, 3.05) is 11.9 Å². The third-order valence-corrected chi connectivity index (χ3v) is 14.7. The summed E-state index contributed by atoms with van der Waals surface area (Å²) in [5.41, 5.74) is 0.390. The average Bonchev–Trinajstić information content (AvgIpc) is 1.77. The molecule has 0 saturated carbocycles. The molecule has 500 valence electrons. The van der Waals surface area contributed by atoms with Gasteiger partial charge in [0.2, 0.25) is 0 Å². The standard InChI is InChI=1S/C33H44N2O10.C25H39NO6.C8H6BrNO4/c1-2-3-4-11-14-29(45-33(38)26-17-19-27(20-18-26)34(39)40)15-12-9-7-5-6-8-10-13-16-31(36)43-25-32(37)44-30-23-21-28(22-24-30)35(41)42;1-2-3-4-11-14-23(15-12-9-7-5-6-8-10-13-16-24(27)28)32-25(29)21-17-19-22(20-18-21)26(30)31;9-5-8(11)14-7-3-1-6(2-4-7)10(12)13/h17-24,29H,2-16,25H2,1H3;17-20,23H,2-16H2,1H3,(H,27,28);1-4H,5H2/t29-;23-;/m11./s1. The van der Waals surface area contributed by atoms with E-state index < -0.39 is 62.1 Å². The zero-order valence-corrected chi connectivity index (χ0v) is 54.0. The molecule has 25 heteroatoms. The fourth-order valence-corrected chi connectivity index (χ4v) is 9.33. The highest BCUT2D eigenvalue weighted by Gasteiger charge is 2.20. The second-order valence-corrected chi connectivity index (χ2v) is 22.3. The molecule has 4 aromatic rings. The minimum absolute atomic E-state index is 0.0383. The number of non-ortho nitro benzene ring substituents is 4. The van der Waals surface area contributed by atoms with E-state index in [1.165, 1.54) is 103 Å². The molecule has 0 fully saturated rings. The maximum absolute atomic E-state index is 12.6. The summed E-state index contributed by atoms with van der Waals surface area (Å²) in [6, 6.07) is 21.4. The lowest BCUT2D eigenvalue weighted by atomic mass is 10.0. The molecule has 4 rings (SSSR count). The number of benzene rings is 4. The Hall–Kier alpha value is -8.22. The van der Waals surface area contributed by atoms with Crippen LogP contribution < -0.4 is 9.47 Å². The fraction of sp³-hybridized carbons (Fsp3) is 0.545. The van der Waals surface area contributed by atoms with Crippen molar-refractivity contribution in [3.05, 3.63) is 149 Å². The SMILES string of the molecule is CCCCCC[C@H](CCCCCCCCCCC(=O)O)OC(=O)c1ccc([N+](=O)[O-])cc1.CCCCCC[C@H](CCCCCCCCCCC(=O)OCC(=O)Oc1ccc([N+](=O)[O-])cc1)OC(=O)c1ccc([N+](=O)[O-])cc1.O=C(CBr)Oc1ccc([N+](=O)[O-])cc1. The maximum atomic E-state index is 12.6. The Labute approximate surface area is 540 Å². The number of carboxylic acid groups (broad SMARTS) is 1. The molecule has 0 amide bonds. The zero-order chi connectivity index (χ0) is 67.0. The van der Waals surface area contributed by atoms with Crippen molar-refractivity contribution in [3.8, 4) is 11.5 Å². The normalized spacial score (nSPS) is 11.2. The number of carboxylic acids is 1. The summed E-state index contributed by atoms with van der Waals surface area (Å²) in [5.74, 6) is -2.84. The van der Waals surface area contributed by atoms with Gasteiger partial charge in [-0.05, 0) is 113 Å². The molecule has 91 heavy (non-hydrogen) atoms. The van der Waals surface area contributed by atoms with Gasteiger partial charge in [0.25, 0.3) is 22.7 Å². The van der Waals surface area contributed by atoms with Crippen LogP contribution in [0.25, 0.3) is 0 Å². The number of rotatable bonds is 45. The van der Waals surface area contributed by atoms with Crippen LogP contribution in [0.2, 0.25) is 0 Å². The number of hydrogen-bond donors (Lipinski definition) is 1. The number of nitro groups is 4. The lowest BCUT2D eigenvalue weighted by Gasteiger charge is -2.18. The molecular weight excluding hydrogens is 1250 g/mol. The van der Waals surface area contributed by atoms with Gasteiger partial charge in [0, 0.05) is 61.4 Å². The molecule has 0 bridgehead atoms. The van der Waals surface area contributed by atoms with Crippen molar-refractivity contribution in [1.29, 1.82) is 0 Å². The van der Waals surface area contributed by atoms with E-state index in [1.54, 1.807) is 0 Å². The van der Waals surface area contributed by atoms with Crippen molar-refractivity contribution in [1.82, 2.24) is 0 Å². The first-order valence-electron chi connectivity index (χ1n) is 31.5. The molecule has 0 aliphatic rings. The van der Waals surface area contributed by atoms with Gasteiger partial charge in [-0.2, -0.15) is 0 Å². The van der Waals surface area contributed by atoms with Crippen molar-refractivity contribution in [3.63, 3.8) is 0 Å². The summed E-state index contributed by atoms with van der Waals surface area (Å²) in [6.07, 6.45) is 28.3. The second-order valence-electron chi connectivity index (χ2n) is 21.7. The minimum Gasteiger partial charge on any atom is -0.481 e. The van der Waals surface area contributed by atoms with Crippen LogP contribution in [0.15, 0.2) is 97.1 Å². The Balaban J connectivity index is 0.000000529. The maximum Gasteiger partial charge on any atom is 0.349 e. The Morgan fingerprint density at radius 2 is 0.681 bits per heavy atom. The average molecular weight is 1340 g/mol. The number of carbonyl (C=O) groups is 6. The van der Waals surface area contributed by atoms with Crippen LogP contribution in [0.5, 0.6) is 11.5 Å². The third-order valence-electron chi connectivity index (χ3n) is 14.3. The van der Waals surface area contributed by atoms with E-state index >= 15 is 0 Å². The predicted molar refractivity (Wildman–Crippen MR) is 344 cm³/mol. The Morgan fingerprint density at radius 1 is 0.396 bits per heavy atom. The molecule has 0 aliphatic carbocycles. The highest BCUT2D eigenvalue weighted by Crippen LogP contribution is 2.24. The minimum atomic E-state index is -0.761. The highest BCUT2D eigenvalue weighted by atomic mass is 79.9. The van der Waals surface area contributed by atoms with E-state index in [0.717, 1.165) is 167 Å². The first-order valence-corrected chi connectivity index (χ1v) is 32.6. The summed E-state index contributed by atoms with van der Waals surface area (Å²) in [4.78, 5) is 111. The van der Waals surface area contributed by atoms with E-state index in [1.807, 2.05) is 0 Å². The van der Waals surface area contributed by atoms with E-state index in [9.17, 15) is 69.2 Å². The van der Waals surface area contributed by atoms with Crippen LogP contribution in [-0.2, 0) is 33.4 Å². The Morgan fingerprint density at radius 3 is 0.989 bits per heavy atom. The predicted octanol–water partition coefficient (Wildman–Crippen LogP) is 17.0. The van der Waals surface area contributed by atoms with Crippen LogP contribution in [0.4, 0.5) is 22.7 Å². The van der Waals surface area contributed by atoms with Crippen molar-refractivity contribution in [2.45, 2.75) is 219 Å². The van der Waals surface area contributed by atoms with Crippen LogP contribution in [0, 0.1) is 40.5 Å². The highest BCUT2D eigenvalue weighted by molar-refractivity contribution is 9.09. The Kier molecular flexibility index (Phi) is 42.1. The van der Waals surface area contributed by atoms with Crippen LogP contribution >= 0.6 is 15.9 Å². The molecule has 0 radical (unpaired) electrons. The van der Waals surface area contributed by atoms with Gasteiger partial charge in [0.15, 0.2) is 6.61 Å². The van der Waals surface area contributed by atoms with Gasteiger partial charge in [-0.1, -0.05) is 145 Å². The van der Waals surface area contributed by atoms with Gasteiger partial charge >= 0.3 is 35.8 Å². The number of halogens is 1. The third kappa shape index (κ3) is 38.2. The number of unbranched alkanes of at least 4 members (excludes halogenated alkanes) is 20. The summed E-state index contributed by atoms with van der Waals surface area (Å²) < 4.78 is 26.3. The van der Waals surface area contributed by atoms with Gasteiger partial charge in [-0.15, -0.1) is 0 Å². The largest absolute Gasteiger partial charge is 0.481 e. The summed E-state index contributed by atoms with van der Waals surface area (Å²) >= 11 is 2.93. The van der Waals surface area contributed by atoms with E-state index in [-0.39, 0.29) is 58.9 Å². The smallest absolute Gasteiger partial charge is 0.349 e. The lowest BCUT2D eigenvalue weighted by molar-refractivity contribution is -0.385. The molecule has 0 aromatic heterocycles. The molecule has 4 aromatic carbocycles. The van der Waals surface area contributed by atoms with Gasteiger partial charge in [-0.25, -0.2) is 14.4 Å². The first-order chi connectivity index (χ1) is 43.8. The molecule has 0 saturated heterocycles. The molecule has 1 N–H and O–H groups in total. The van der Waals surface area contributed by atoms with E-state index in [4.69, 9.17) is 28.8 Å². The number of alkyl halides is 1.